The van der Waals surface area contributed by atoms with Crippen molar-refractivity contribution in [3.63, 3.8) is 0 Å². The molecule has 0 aromatic carbocycles. The number of allylic oxidation sites excluding steroid dienone is 1. The summed E-state index contributed by atoms with van der Waals surface area (Å²) in [5.41, 5.74) is 0. The molecule has 66 valence electrons. The van der Waals surface area contributed by atoms with E-state index in [1.54, 1.807) is 0 Å². The molecule has 0 unspecified atom stereocenters. The van der Waals surface area contributed by atoms with E-state index < -0.39 is 0 Å². The largest absolute Gasteiger partial charge is 0.391 e. The van der Waals surface area contributed by atoms with Gasteiger partial charge in [0.25, 0.3) is 0 Å². The van der Waals surface area contributed by atoms with E-state index in [0.29, 0.717) is 5.25 Å². The third kappa shape index (κ3) is 9.89. The van der Waals surface area contributed by atoms with Crippen LogP contribution in [0, 0.1) is 0 Å². The fraction of sp³-hybridized carbons (Fsp3) is 0.778. The molecule has 0 saturated carbocycles. The van der Waals surface area contributed by atoms with Crippen molar-refractivity contribution in [2.75, 3.05) is 6.54 Å². The first-order valence-electron chi connectivity index (χ1n) is 4.33. The van der Waals surface area contributed by atoms with Crippen LogP contribution in [-0.4, -0.2) is 11.8 Å². The first kappa shape index (κ1) is 10.9. The van der Waals surface area contributed by atoms with Gasteiger partial charge in [-0.25, -0.2) is 0 Å². The summed E-state index contributed by atoms with van der Waals surface area (Å²) in [6.07, 6.45) is 7.73. The van der Waals surface area contributed by atoms with Crippen molar-refractivity contribution in [1.29, 1.82) is 0 Å². The van der Waals surface area contributed by atoms with Crippen molar-refractivity contribution >= 4 is 12.6 Å². The highest BCUT2D eigenvalue weighted by molar-refractivity contribution is 7.80. The van der Waals surface area contributed by atoms with Crippen molar-refractivity contribution in [2.24, 2.45) is 0 Å². The van der Waals surface area contributed by atoms with E-state index >= 15 is 0 Å². The molecule has 0 aliphatic heterocycles. The van der Waals surface area contributed by atoms with Gasteiger partial charge in [-0.1, -0.05) is 26.3 Å². The highest BCUT2D eigenvalue weighted by Crippen LogP contribution is 1.96. The minimum Gasteiger partial charge on any atom is -0.391 e. The molecule has 0 saturated heterocycles. The quantitative estimate of drug-likeness (QED) is 0.465. The van der Waals surface area contributed by atoms with Gasteiger partial charge in [0, 0.05) is 11.8 Å². The number of rotatable bonds is 6. The van der Waals surface area contributed by atoms with Gasteiger partial charge in [0.15, 0.2) is 0 Å². The minimum atomic E-state index is 0.502. The Hall–Kier alpha value is -0.110. The van der Waals surface area contributed by atoms with E-state index in [0.717, 1.165) is 13.0 Å². The maximum atomic E-state index is 4.28. The molecule has 0 aliphatic rings. The Balaban J connectivity index is 3.01. The number of thiol groups is 1. The molecule has 1 nitrogen and oxygen atoms in total. The van der Waals surface area contributed by atoms with Crippen LogP contribution in [0.4, 0.5) is 0 Å². The average molecular weight is 173 g/mol. The Labute approximate surface area is 75.7 Å². The molecular weight excluding hydrogens is 154 g/mol. The number of unbranched alkanes of at least 4 members (excludes halogenated alkanes) is 1. The summed E-state index contributed by atoms with van der Waals surface area (Å²) in [6.45, 7) is 5.32. The fourth-order valence-corrected chi connectivity index (χ4v) is 0.838. The van der Waals surface area contributed by atoms with E-state index in [4.69, 9.17) is 0 Å². The van der Waals surface area contributed by atoms with Crippen LogP contribution in [0.1, 0.15) is 33.1 Å². The Morgan fingerprint density at radius 1 is 1.55 bits per heavy atom. The molecule has 0 fully saturated rings. The molecule has 0 aromatic heterocycles. The number of nitrogens with one attached hydrogen (secondary N) is 1. The number of hydrogen-bond donors (Lipinski definition) is 2. The molecule has 0 bridgehead atoms. The molecule has 11 heavy (non-hydrogen) atoms. The zero-order valence-electron chi connectivity index (χ0n) is 7.51. The van der Waals surface area contributed by atoms with Gasteiger partial charge in [-0.05, 0) is 19.0 Å². The van der Waals surface area contributed by atoms with Crippen molar-refractivity contribution in [3.8, 4) is 0 Å². The third-order valence-electron chi connectivity index (χ3n) is 1.40. The lowest BCUT2D eigenvalue weighted by Gasteiger charge is -2.02. The van der Waals surface area contributed by atoms with Gasteiger partial charge < -0.3 is 5.32 Å². The Bertz CT molecular complexity index is 99.7. The zero-order valence-corrected chi connectivity index (χ0v) is 8.40. The van der Waals surface area contributed by atoms with E-state index in [1.807, 2.05) is 6.20 Å². The zero-order chi connectivity index (χ0) is 8.53. The van der Waals surface area contributed by atoms with Crippen molar-refractivity contribution in [1.82, 2.24) is 5.32 Å². The molecule has 0 radical (unpaired) electrons. The summed E-state index contributed by atoms with van der Waals surface area (Å²) >= 11 is 4.28. The maximum Gasteiger partial charge on any atom is 0.0151 e. The predicted octanol–water partition coefficient (Wildman–Crippen LogP) is 2.60. The summed E-state index contributed by atoms with van der Waals surface area (Å²) in [5, 5.41) is 3.72. The van der Waals surface area contributed by atoms with Gasteiger partial charge in [-0.15, -0.1) is 0 Å². The topological polar surface area (TPSA) is 12.0 Å². The van der Waals surface area contributed by atoms with E-state index in [-0.39, 0.29) is 0 Å². The second-order valence-electron chi connectivity index (χ2n) is 2.78. The van der Waals surface area contributed by atoms with Crippen molar-refractivity contribution in [2.45, 2.75) is 38.4 Å². The van der Waals surface area contributed by atoms with Gasteiger partial charge in [0.05, 0.1) is 0 Å². The smallest absolute Gasteiger partial charge is 0.0151 e. The molecule has 0 aliphatic carbocycles. The summed E-state index contributed by atoms with van der Waals surface area (Å²) in [4.78, 5) is 0. The SMILES string of the molecule is CCC/C=C\NCC[C@H](C)S. The Kier molecular flexibility index (Phi) is 7.91. The van der Waals surface area contributed by atoms with Crippen LogP contribution in [0.2, 0.25) is 0 Å². The minimum absolute atomic E-state index is 0.502. The summed E-state index contributed by atoms with van der Waals surface area (Å²) in [5.74, 6) is 0. The standard InChI is InChI=1S/C9H19NS/c1-3-4-5-7-10-8-6-9(2)11/h5,7,9-11H,3-4,6,8H2,1-2H3/b7-5-/t9-/m0/s1. The fourth-order valence-electron chi connectivity index (χ4n) is 0.709. The molecule has 0 heterocycles. The average Bonchev–Trinajstić information content (AvgIpc) is 1.96. The van der Waals surface area contributed by atoms with Crippen LogP contribution < -0.4 is 5.32 Å². The van der Waals surface area contributed by atoms with Crippen molar-refractivity contribution < 1.29 is 0 Å². The van der Waals surface area contributed by atoms with E-state index in [9.17, 15) is 0 Å². The predicted molar refractivity (Wildman–Crippen MR) is 55.1 cm³/mol. The summed E-state index contributed by atoms with van der Waals surface area (Å²) < 4.78 is 0. The van der Waals surface area contributed by atoms with Gasteiger partial charge in [0.1, 0.15) is 0 Å². The molecule has 2 heteroatoms. The lowest BCUT2D eigenvalue weighted by atomic mass is 10.3. The molecular formula is C9H19NS. The van der Waals surface area contributed by atoms with Gasteiger partial charge in [-0.3, -0.25) is 0 Å². The monoisotopic (exact) mass is 173 g/mol. The van der Waals surface area contributed by atoms with Crippen LogP contribution in [0.25, 0.3) is 0 Å². The maximum absolute atomic E-state index is 4.28. The van der Waals surface area contributed by atoms with Gasteiger partial charge >= 0.3 is 0 Å². The summed E-state index contributed by atoms with van der Waals surface area (Å²) in [6, 6.07) is 0. The number of hydrogen-bond acceptors (Lipinski definition) is 2. The molecule has 0 rings (SSSR count). The van der Waals surface area contributed by atoms with Crippen LogP contribution in [0.3, 0.4) is 0 Å². The molecule has 0 spiro atoms. The van der Waals surface area contributed by atoms with E-state index in [2.05, 4.69) is 37.9 Å². The second kappa shape index (κ2) is 7.99. The van der Waals surface area contributed by atoms with Crippen molar-refractivity contribution in [3.05, 3.63) is 12.3 Å². The van der Waals surface area contributed by atoms with Crippen LogP contribution in [-0.2, 0) is 0 Å². The van der Waals surface area contributed by atoms with Crippen LogP contribution in [0.5, 0.6) is 0 Å². The first-order chi connectivity index (χ1) is 5.27. The molecule has 1 N–H and O–H groups in total. The highest BCUT2D eigenvalue weighted by Gasteiger charge is 1.90. The molecule has 0 amide bonds. The molecule has 0 aromatic rings. The van der Waals surface area contributed by atoms with Crippen LogP contribution >= 0.6 is 12.6 Å². The first-order valence-corrected chi connectivity index (χ1v) is 4.85. The van der Waals surface area contributed by atoms with Gasteiger partial charge in [0.2, 0.25) is 0 Å². The highest BCUT2D eigenvalue weighted by atomic mass is 32.1. The normalized spacial score (nSPS) is 13.7. The lowest BCUT2D eigenvalue weighted by Crippen LogP contribution is -2.10. The van der Waals surface area contributed by atoms with E-state index in [1.165, 1.54) is 12.8 Å². The Morgan fingerprint density at radius 2 is 2.27 bits per heavy atom. The van der Waals surface area contributed by atoms with Crippen LogP contribution in [0.15, 0.2) is 12.3 Å². The second-order valence-corrected chi connectivity index (χ2v) is 3.66. The third-order valence-corrected chi connectivity index (χ3v) is 1.66. The Morgan fingerprint density at radius 3 is 2.82 bits per heavy atom. The van der Waals surface area contributed by atoms with Gasteiger partial charge in [-0.2, -0.15) is 12.6 Å². The summed E-state index contributed by atoms with van der Waals surface area (Å²) in [7, 11) is 0. The lowest BCUT2D eigenvalue weighted by molar-refractivity contribution is 0.746. The molecule has 1 atom stereocenters.